The van der Waals surface area contributed by atoms with Crippen molar-refractivity contribution in [3.8, 4) is 0 Å². The number of hydrogen-bond donors (Lipinski definition) is 1. The van der Waals surface area contributed by atoms with Crippen LogP contribution in [0.15, 0.2) is 30.3 Å². The number of halogens is 1. The van der Waals surface area contributed by atoms with E-state index in [4.69, 9.17) is 0 Å². The molecular weight excluding hydrogens is 258 g/mol. The smallest absolute Gasteiger partial charge is 0.323 e. The van der Waals surface area contributed by atoms with Crippen molar-refractivity contribution in [2.24, 2.45) is 0 Å². The normalized spacial score (nSPS) is 11.3. The van der Waals surface area contributed by atoms with Gasteiger partial charge in [-0.25, -0.2) is 0 Å². The molecular formula is C11H16BrNO2. The van der Waals surface area contributed by atoms with Gasteiger partial charge in [-0.2, -0.15) is 0 Å². The van der Waals surface area contributed by atoms with Crippen LogP contribution in [0.1, 0.15) is 5.56 Å². The van der Waals surface area contributed by atoms with Crippen LogP contribution in [0.25, 0.3) is 0 Å². The molecule has 0 aliphatic rings. The van der Waals surface area contributed by atoms with Gasteiger partial charge in [-0.3, -0.25) is 4.79 Å². The second-order valence-corrected chi connectivity index (χ2v) is 3.05. The van der Waals surface area contributed by atoms with Crippen LogP contribution < -0.4 is 5.32 Å². The highest BCUT2D eigenvalue weighted by Crippen LogP contribution is 2.03. The van der Waals surface area contributed by atoms with E-state index in [0.29, 0.717) is 6.42 Å². The molecule has 1 aromatic carbocycles. The fourth-order valence-corrected chi connectivity index (χ4v) is 1.30. The summed E-state index contributed by atoms with van der Waals surface area (Å²) in [5, 5.41) is 2.93. The molecule has 4 heteroatoms. The summed E-state index contributed by atoms with van der Waals surface area (Å²) >= 11 is 0. The highest BCUT2D eigenvalue weighted by atomic mass is 79.9. The fourth-order valence-electron chi connectivity index (χ4n) is 1.30. The SMILES string of the molecule is Br.CNC(Cc1ccccc1)C(=O)OC. The van der Waals surface area contributed by atoms with Gasteiger partial charge in [-0.15, -0.1) is 17.0 Å². The summed E-state index contributed by atoms with van der Waals surface area (Å²) in [6, 6.07) is 9.59. The average Bonchev–Trinajstić information content (AvgIpc) is 2.26. The lowest BCUT2D eigenvalue weighted by atomic mass is 10.1. The number of carbonyl (C=O) groups excluding carboxylic acids is 1. The van der Waals surface area contributed by atoms with Crippen LogP contribution in [0.4, 0.5) is 0 Å². The molecule has 1 aromatic rings. The molecule has 0 fully saturated rings. The van der Waals surface area contributed by atoms with E-state index >= 15 is 0 Å². The number of esters is 1. The van der Waals surface area contributed by atoms with Crippen LogP contribution in [0.3, 0.4) is 0 Å². The first-order chi connectivity index (χ1) is 6.77. The first kappa shape index (κ1) is 14.1. The van der Waals surface area contributed by atoms with Crippen LogP contribution in [-0.2, 0) is 16.0 Å². The Morgan fingerprint density at radius 2 is 2.00 bits per heavy atom. The van der Waals surface area contributed by atoms with Gasteiger partial charge >= 0.3 is 5.97 Å². The molecule has 0 saturated heterocycles. The van der Waals surface area contributed by atoms with E-state index in [1.54, 1.807) is 7.05 Å². The molecule has 3 nitrogen and oxygen atoms in total. The van der Waals surface area contributed by atoms with Crippen molar-refractivity contribution < 1.29 is 9.53 Å². The van der Waals surface area contributed by atoms with Crippen molar-refractivity contribution in [1.29, 1.82) is 0 Å². The van der Waals surface area contributed by atoms with Gasteiger partial charge in [0.1, 0.15) is 6.04 Å². The minimum absolute atomic E-state index is 0. The standard InChI is InChI=1S/C11H15NO2.BrH/c1-12-10(11(13)14-2)8-9-6-4-3-5-7-9;/h3-7,10,12H,8H2,1-2H3;1H. The Labute approximate surface area is 101 Å². The summed E-state index contributed by atoms with van der Waals surface area (Å²) in [5.41, 5.74) is 1.12. The number of ether oxygens (including phenoxy) is 1. The number of rotatable bonds is 4. The molecule has 0 heterocycles. The third-order valence-corrected chi connectivity index (χ3v) is 2.12. The van der Waals surface area contributed by atoms with E-state index in [1.165, 1.54) is 7.11 Å². The van der Waals surface area contributed by atoms with Gasteiger partial charge in [-0.1, -0.05) is 30.3 Å². The van der Waals surface area contributed by atoms with E-state index in [1.807, 2.05) is 30.3 Å². The highest BCUT2D eigenvalue weighted by Gasteiger charge is 2.16. The second-order valence-electron chi connectivity index (χ2n) is 3.05. The first-order valence-corrected chi connectivity index (χ1v) is 4.57. The van der Waals surface area contributed by atoms with Crippen LogP contribution in [0, 0.1) is 0 Å². The topological polar surface area (TPSA) is 38.3 Å². The van der Waals surface area contributed by atoms with Crippen molar-refractivity contribution in [2.75, 3.05) is 14.2 Å². The molecule has 1 rings (SSSR count). The number of methoxy groups -OCH3 is 1. The molecule has 0 aliphatic carbocycles. The average molecular weight is 274 g/mol. The van der Waals surface area contributed by atoms with Crippen molar-refractivity contribution in [3.63, 3.8) is 0 Å². The van der Waals surface area contributed by atoms with Gasteiger partial charge in [0.05, 0.1) is 7.11 Å². The summed E-state index contributed by atoms with van der Waals surface area (Å²) < 4.78 is 4.67. The van der Waals surface area contributed by atoms with Gasteiger partial charge in [0, 0.05) is 0 Å². The predicted octanol–water partition coefficient (Wildman–Crippen LogP) is 1.57. The molecule has 0 bridgehead atoms. The van der Waals surface area contributed by atoms with E-state index in [2.05, 4.69) is 10.1 Å². The molecule has 0 amide bonds. The number of nitrogens with one attached hydrogen (secondary N) is 1. The Morgan fingerprint density at radius 1 is 1.40 bits per heavy atom. The molecule has 15 heavy (non-hydrogen) atoms. The molecule has 0 spiro atoms. The zero-order valence-corrected chi connectivity index (χ0v) is 10.6. The molecule has 1 atom stereocenters. The maximum Gasteiger partial charge on any atom is 0.323 e. The van der Waals surface area contributed by atoms with Crippen LogP contribution in [0.2, 0.25) is 0 Å². The summed E-state index contributed by atoms with van der Waals surface area (Å²) in [6.07, 6.45) is 0.657. The Balaban J connectivity index is 0.00000196. The van der Waals surface area contributed by atoms with Gasteiger partial charge < -0.3 is 10.1 Å². The number of hydrogen-bond acceptors (Lipinski definition) is 3. The zero-order valence-electron chi connectivity index (χ0n) is 8.90. The summed E-state index contributed by atoms with van der Waals surface area (Å²) in [5.74, 6) is -0.226. The Bertz CT molecular complexity index is 290. The maximum absolute atomic E-state index is 11.3. The Morgan fingerprint density at radius 3 is 2.47 bits per heavy atom. The fraction of sp³-hybridized carbons (Fsp3) is 0.364. The summed E-state index contributed by atoms with van der Waals surface area (Å²) in [6.45, 7) is 0. The molecule has 1 unspecified atom stereocenters. The van der Waals surface area contributed by atoms with Gasteiger partial charge in [0.25, 0.3) is 0 Å². The third-order valence-electron chi connectivity index (χ3n) is 2.12. The molecule has 0 aromatic heterocycles. The molecule has 0 aliphatic heterocycles. The van der Waals surface area contributed by atoms with Gasteiger partial charge in [0.15, 0.2) is 0 Å². The lowest BCUT2D eigenvalue weighted by Crippen LogP contribution is -2.36. The lowest BCUT2D eigenvalue weighted by molar-refractivity contribution is -0.142. The maximum atomic E-state index is 11.3. The Hall–Kier alpha value is -0.870. The van der Waals surface area contributed by atoms with Gasteiger partial charge in [-0.05, 0) is 19.0 Å². The third kappa shape index (κ3) is 4.44. The highest BCUT2D eigenvalue weighted by molar-refractivity contribution is 8.93. The van der Waals surface area contributed by atoms with Crippen LogP contribution in [0.5, 0.6) is 0 Å². The Kier molecular flexibility index (Phi) is 6.99. The van der Waals surface area contributed by atoms with Gasteiger partial charge in [0.2, 0.25) is 0 Å². The van der Waals surface area contributed by atoms with Crippen molar-refractivity contribution in [2.45, 2.75) is 12.5 Å². The quantitative estimate of drug-likeness (QED) is 0.847. The van der Waals surface area contributed by atoms with E-state index in [-0.39, 0.29) is 29.0 Å². The van der Waals surface area contributed by atoms with E-state index in [0.717, 1.165) is 5.56 Å². The van der Waals surface area contributed by atoms with E-state index in [9.17, 15) is 4.79 Å². The zero-order chi connectivity index (χ0) is 10.4. The second kappa shape index (κ2) is 7.43. The first-order valence-electron chi connectivity index (χ1n) is 4.57. The molecule has 0 radical (unpaired) electrons. The van der Waals surface area contributed by atoms with Crippen molar-refractivity contribution in [3.05, 3.63) is 35.9 Å². The van der Waals surface area contributed by atoms with Crippen molar-refractivity contribution in [1.82, 2.24) is 5.32 Å². The minimum Gasteiger partial charge on any atom is -0.468 e. The molecule has 1 N–H and O–H groups in total. The number of carbonyl (C=O) groups is 1. The predicted molar refractivity (Wildman–Crippen MR) is 65.3 cm³/mol. The minimum atomic E-state index is -0.262. The lowest BCUT2D eigenvalue weighted by Gasteiger charge is -2.13. The molecule has 0 saturated carbocycles. The van der Waals surface area contributed by atoms with Crippen LogP contribution in [-0.4, -0.2) is 26.2 Å². The molecule has 84 valence electrons. The van der Waals surface area contributed by atoms with E-state index < -0.39 is 0 Å². The summed E-state index contributed by atoms with van der Waals surface area (Å²) in [4.78, 5) is 11.3. The van der Waals surface area contributed by atoms with Crippen molar-refractivity contribution >= 4 is 23.0 Å². The summed E-state index contributed by atoms with van der Waals surface area (Å²) in [7, 11) is 3.15. The monoisotopic (exact) mass is 273 g/mol. The number of benzene rings is 1. The number of likely N-dealkylation sites (N-methyl/N-ethyl adjacent to an activating group) is 1. The largest absolute Gasteiger partial charge is 0.468 e. The van der Waals surface area contributed by atoms with Crippen LogP contribution >= 0.6 is 17.0 Å².